The molecule has 1 heterocycles. The van der Waals surface area contributed by atoms with Crippen molar-refractivity contribution in [2.24, 2.45) is 5.73 Å². The lowest BCUT2D eigenvalue weighted by Crippen LogP contribution is -2.33. The van der Waals surface area contributed by atoms with Gasteiger partial charge in [0.25, 0.3) is 0 Å². The SMILES string of the molecule is CN(CCc1coc2ccccc12)C(N)=O. The van der Waals surface area contributed by atoms with E-state index in [9.17, 15) is 4.79 Å². The van der Waals surface area contributed by atoms with Crippen molar-refractivity contribution in [3.05, 3.63) is 36.1 Å². The molecule has 16 heavy (non-hydrogen) atoms. The van der Waals surface area contributed by atoms with Crippen molar-refractivity contribution in [2.45, 2.75) is 6.42 Å². The molecule has 0 saturated heterocycles. The molecular weight excluding hydrogens is 204 g/mol. The van der Waals surface area contributed by atoms with Crippen LogP contribution in [0.3, 0.4) is 0 Å². The van der Waals surface area contributed by atoms with Crippen LogP contribution in [-0.2, 0) is 6.42 Å². The van der Waals surface area contributed by atoms with Crippen LogP contribution in [0.25, 0.3) is 11.0 Å². The van der Waals surface area contributed by atoms with E-state index in [1.165, 1.54) is 4.90 Å². The average molecular weight is 218 g/mol. The van der Waals surface area contributed by atoms with E-state index < -0.39 is 6.03 Å². The Morgan fingerprint density at radius 2 is 2.19 bits per heavy atom. The maximum Gasteiger partial charge on any atom is 0.314 e. The van der Waals surface area contributed by atoms with Crippen LogP contribution in [-0.4, -0.2) is 24.5 Å². The van der Waals surface area contributed by atoms with Crippen molar-refractivity contribution in [1.82, 2.24) is 4.90 Å². The first-order valence-electron chi connectivity index (χ1n) is 5.14. The van der Waals surface area contributed by atoms with Crippen molar-refractivity contribution in [3.63, 3.8) is 0 Å². The molecule has 0 radical (unpaired) electrons. The molecule has 2 rings (SSSR count). The smallest absolute Gasteiger partial charge is 0.314 e. The van der Waals surface area contributed by atoms with Gasteiger partial charge in [0.05, 0.1) is 6.26 Å². The summed E-state index contributed by atoms with van der Waals surface area (Å²) in [6.45, 7) is 0.596. The van der Waals surface area contributed by atoms with Gasteiger partial charge in [0.2, 0.25) is 0 Å². The van der Waals surface area contributed by atoms with Gasteiger partial charge in [-0.2, -0.15) is 0 Å². The molecule has 84 valence electrons. The van der Waals surface area contributed by atoms with Crippen molar-refractivity contribution < 1.29 is 9.21 Å². The standard InChI is InChI=1S/C12H14N2O2/c1-14(12(13)15)7-6-9-8-16-11-5-3-2-4-10(9)11/h2-5,8H,6-7H2,1H3,(H2,13,15). The summed E-state index contributed by atoms with van der Waals surface area (Å²) in [4.78, 5) is 12.3. The van der Waals surface area contributed by atoms with Crippen LogP contribution in [0, 0.1) is 0 Å². The molecule has 4 heteroatoms. The molecule has 1 aromatic carbocycles. The highest BCUT2D eigenvalue weighted by molar-refractivity contribution is 5.81. The molecule has 4 nitrogen and oxygen atoms in total. The number of hydrogen-bond acceptors (Lipinski definition) is 2. The van der Waals surface area contributed by atoms with Crippen LogP contribution >= 0.6 is 0 Å². The molecule has 0 saturated carbocycles. The van der Waals surface area contributed by atoms with E-state index in [2.05, 4.69) is 0 Å². The topological polar surface area (TPSA) is 59.5 Å². The second kappa shape index (κ2) is 4.26. The fourth-order valence-corrected chi connectivity index (χ4v) is 1.62. The van der Waals surface area contributed by atoms with Gasteiger partial charge in [-0.3, -0.25) is 0 Å². The molecule has 2 aromatic rings. The van der Waals surface area contributed by atoms with E-state index in [0.29, 0.717) is 6.54 Å². The minimum Gasteiger partial charge on any atom is -0.464 e. The number of rotatable bonds is 3. The van der Waals surface area contributed by atoms with Gasteiger partial charge < -0.3 is 15.1 Å². The van der Waals surface area contributed by atoms with Crippen molar-refractivity contribution >= 4 is 17.0 Å². The summed E-state index contributed by atoms with van der Waals surface area (Å²) in [5, 5.41) is 1.10. The lowest BCUT2D eigenvalue weighted by atomic mass is 10.1. The Bertz CT molecular complexity index is 504. The Hall–Kier alpha value is -1.97. The number of carbonyl (C=O) groups is 1. The summed E-state index contributed by atoms with van der Waals surface area (Å²) >= 11 is 0. The molecule has 1 aromatic heterocycles. The predicted molar refractivity (Wildman–Crippen MR) is 62.1 cm³/mol. The van der Waals surface area contributed by atoms with Gasteiger partial charge >= 0.3 is 6.03 Å². The lowest BCUT2D eigenvalue weighted by molar-refractivity contribution is 0.219. The number of likely N-dealkylation sites (N-methyl/N-ethyl adjacent to an activating group) is 1. The molecule has 0 aliphatic heterocycles. The summed E-state index contributed by atoms with van der Waals surface area (Å²) in [6.07, 6.45) is 2.48. The number of nitrogens with two attached hydrogens (primary N) is 1. The fourth-order valence-electron chi connectivity index (χ4n) is 1.62. The molecule has 0 fully saturated rings. The van der Waals surface area contributed by atoms with Crippen LogP contribution in [0.15, 0.2) is 34.9 Å². The second-order valence-corrected chi connectivity index (χ2v) is 3.77. The first-order valence-corrected chi connectivity index (χ1v) is 5.14. The summed E-state index contributed by atoms with van der Waals surface area (Å²) < 4.78 is 5.41. The Morgan fingerprint density at radius 1 is 1.44 bits per heavy atom. The quantitative estimate of drug-likeness (QED) is 0.856. The minimum atomic E-state index is -0.409. The number of primary amides is 1. The number of hydrogen-bond donors (Lipinski definition) is 1. The second-order valence-electron chi connectivity index (χ2n) is 3.77. The maximum atomic E-state index is 10.8. The molecule has 0 unspecified atom stereocenters. The van der Waals surface area contributed by atoms with Crippen LogP contribution in [0.2, 0.25) is 0 Å². The molecule has 2 amide bonds. The molecule has 0 aliphatic carbocycles. The maximum absolute atomic E-state index is 10.8. The molecule has 2 N–H and O–H groups in total. The highest BCUT2D eigenvalue weighted by Gasteiger charge is 2.07. The van der Waals surface area contributed by atoms with E-state index in [1.807, 2.05) is 24.3 Å². The largest absolute Gasteiger partial charge is 0.464 e. The summed E-state index contributed by atoms with van der Waals surface area (Å²) in [5.41, 5.74) is 7.13. The Morgan fingerprint density at radius 3 is 2.94 bits per heavy atom. The van der Waals surface area contributed by atoms with Gasteiger partial charge in [0.1, 0.15) is 5.58 Å². The third kappa shape index (κ3) is 2.00. The third-order valence-corrected chi connectivity index (χ3v) is 2.65. The number of nitrogens with zero attached hydrogens (tertiary/aromatic N) is 1. The molecule has 0 bridgehead atoms. The molecule has 0 atom stereocenters. The predicted octanol–water partition coefficient (Wildman–Crippen LogP) is 1.99. The highest BCUT2D eigenvalue weighted by Crippen LogP contribution is 2.20. The van der Waals surface area contributed by atoms with E-state index in [0.717, 1.165) is 23.0 Å². The van der Waals surface area contributed by atoms with E-state index in [4.69, 9.17) is 10.2 Å². The first kappa shape index (κ1) is 10.5. The van der Waals surface area contributed by atoms with Gasteiger partial charge in [-0.05, 0) is 18.1 Å². The zero-order chi connectivity index (χ0) is 11.5. The number of amides is 2. The molecule has 0 aliphatic rings. The third-order valence-electron chi connectivity index (χ3n) is 2.65. The highest BCUT2D eigenvalue weighted by atomic mass is 16.3. The zero-order valence-corrected chi connectivity index (χ0v) is 9.14. The zero-order valence-electron chi connectivity index (χ0n) is 9.14. The van der Waals surface area contributed by atoms with Crippen LogP contribution in [0.5, 0.6) is 0 Å². The normalized spacial score (nSPS) is 10.6. The summed E-state index contributed by atoms with van der Waals surface area (Å²) in [6, 6.07) is 7.44. The average Bonchev–Trinajstić information content (AvgIpc) is 2.69. The van der Waals surface area contributed by atoms with Crippen LogP contribution < -0.4 is 5.73 Å². The summed E-state index contributed by atoms with van der Waals surface area (Å²) in [5.74, 6) is 0. The van der Waals surface area contributed by atoms with Crippen molar-refractivity contribution in [1.29, 1.82) is 0 Å². The minimum absolute atomic E-state index is 0.409. The lowest BCUT2D eigenvalue weighted by Gasteiger charge is -2.12. The van der Waals surface area contributed by atoms with Crippen LogP contribution in [0.4, 0.5) is 4.79 Å². The number of benzene rings is 1. The van der Waals surface area contributed by atoms with Crippen LogP contribution in [0.1, 0.15) is 5.56 Å². The number of fused-ring (bicyclic) bond motifs is 1. The fraction of sp³-hybridized carbons (Fsp3) is 0.250. The Labute approximate surface area is 93.6 Å². The Balaban J connectivity index is 2.13. The van der Waals surface area contributed by atoms with Gasteiger partial charge in [-0.15, -0.1) is 0 Å². The van der Waals surface area contributed by atoms with E-state index in [1.54, 1.807) is 13.3 Å². The van der Waals surface area contributed by atoms with Gasteiger partial charge in [-0.25, -0.2) is 4.79 Å². The number of furan rings is 1. The van der Waals surface area contributed by atoms with Gasteiger partial charge in [-0.1, -0.05) is 18.2 Å². The monoisotopic (exact) mass is 218 g/mol. The number of urea groups is 1. The Kier molecular flexibility index (Phi) is 2.81. The number of carbonyl (C=O) groups excluding carboxylic acids is 1. The summed E-state index contributed by atoms with van der Waals surface area (Å²) in [7, 11) is 1.69. The van der Waals surface area contributed by atoms with Gasteiger partial charge in [0.15, 0.2) is 0 Å². The van der Waals surface area contributed by atoms with E-state index in [-0.39, 0.29) is 0 Å². The van der Waals surface area contributed by atoms with Gasteiger partial charge in [0, 0.05) is 19.0 Å². The van der Waals surface area contributed by atoms with E-state index >= 15 is 0 Å². The number of para-hydroxylation sites is 1. The van der Waals surface area contributed by atoms with Crippen molar-refractivity contribution in [3.8, 4) is 0 Å². The van der Waals surface area contributed by atoms with Crippen molar-refractivity contribution in [2.75, 3.05) is 13.6 Å². The molecular formula is C12H14N2O2. The first-order chi connectivity index (χ1) is 7.68. The molecule has 0 spiro atoms.